The largest absolute Gasteiger partial charge is 0.573 e. The Kier molecular flexibility index (Phi) is 5.08. The molecule has 2 aromatic rings. The summed E-state index contributed by atoms with van der Waals surface area (Å²) in [5, 5.41) is 0. The van der Waals surface area contributed by atoms with E-state index in [0.29, 0.717) is 0 Å². The van der Waals surface area contributed by atoms with Crippen molar-refractivity contribution in [2.75, 3.05) is 4.72 Å². The molecular formula is C16H16F3NO3S. The maximum Gasteiger partial charge on any atom is 0.573 e. The second-order valence-corrected chi connectivity index (χ2v) is 7.08. The molecule has 0 aromatic heterocycles. The Morgan fingerprint density at radius 1 is 0.958 bits per heavy atom. The summed E-state index contributed by atoms with van der Waals surface area (Å²) in [5.41, 5.74) is 1.14. The average Bonchev–Trinajstić information content (AvgIpc) is 2.47. The fourth-order valence-electron chi connectivity index (χ4n) is 1.97. The number of hydrogen-bond acceptors (Lipinski definition) is 3. The summed E-state index contributed by atoms with van der Waals surface area (Å²) in [6.07, 6.45) is -4.79. The molecule has 0 unspecified atom stereocenters. The second kappa shape index (κ2) is 6.72. The fraction of sp³-hybridized carbons (Fsp3) is 0.250. The van der Waals surface area contributed by atoms with Gasteiger partial charge in [0.1, 0.15) is 5.75 Å². The van der Waals surface area contributed by atoms with Gasteiger partial charge in [-0.15, -0.1) is 13.2 Å². The highest BCUT2D eigenvalue weighted by atomic mass is 32.2. The molecule has 0 aliphatic rings. The van der Waals surface area contributed by atoms with Gasteiger partial charge in [0.25, 0.3) is 10.0 Å². The lowest BCUT2D eigenvalue weighted by atomic mass is 10.0. The van der Waals surface area contributed by atoms with Crippen molar-refractivity contribution < 1.29 is 26.3 Å². The van der Waals surface area contributed by atoms with Crippen LogP contribution < -0.4 is 9.46 Å². The van der Waals surface area contributed by atoms with E-state index in [-0.39, 0.29) is 16.5 Å². The first-order valence-electron chi connectivity index (χ1n) is 7.05. The van der Waals surface area contributed by atoms with E-state index in [1.165, 1.54) is 24.3 Å². The molecule has 0 aliphatic carbocycles. The molecule has 4 nitrogen and oxygen atoms in total. The second-order valence-electron chi connectivity index (χ2n) is 5.40. The Morgan fingerprint density at radius 2 is 1.50 bits per heavy atom. The van der Waals surface area contributed by atoms with Crippen molar-refractivity contribution >= 4 is 15.7 Å². The van der Waals surface area contributed by atoms with E-state index in [0.717, 1.165) is 17.7 Å². The van der Waals surface area contributed by atoms with E-state index < -0.39 is 22.1 Å². The van der Waals surface area contributed by atoms with Crippen LogP contribution in [0.4, 0.5) is 18.9 Å². The number of rotatable bonds is 5. The van der Waals surface area contributed by atoms with Gasteiger partial charge in [-0.05, 0) is 47.9 Å². The van der Waals surface area contributed by atoms with Gasteiger partial charge in [0.05, 0.1) is 4.90 Å². The Morgan fingerprint density at radius 3 is 1.96 bits per heavy atom. The minimum Gasteiger partial charge on any atom is -0.406 e. The minimum absolute atomic E-state index is 0.0718. The number of benzene rings is 2. The molecule has 1 N–H and O–H groups in total. The summed E-state index contributed by atoms with van der Waals surface area (Å²) >= 11 is 0. The molecule has 130 valence electrons. The number of anilines is 1. The summed E-state index contributed by atoms with van der Waals surface area (Å²) in [6.45, 7) is 3.98. The molecule has 2 aromatic carbocycles. The van der Waals surface area contributed by atoms with Crippen molar-refractivity contribution in [1.82, 2.24) is 0 Å². The van der Waals surface area contributed by atoms with E-state index >= 15 is 0 Å². The van der Waals surface area contributed by atoms with Crippen LogP contribution in [0.15, 0.2) is 53.4 Å². The van der Waals surface area contributed by atoms with Crippen LogP contribution in [0.3, 0.4) is 0 Å². The first kappa shape index (κ1) is 18.1. The van der Waals surface area contributed by atoms with Crippen LogP contribution in [-0.2, 0) is 10.0 Å². The number of sulfonamides is 1. The van der Waals surface area contributed by atoms with Crippen LogP contribution in [0.2, 0.25) is 0 Å². The van der Waals surface area contributed by atoms with Crippen molar-refractivity contribution in [3.63, 3.8) is 0 Å². The van der Waals surface area contributed by atoms with Gasteiger partial charge in [0, 0.05) is 5.69 Å². The quantitative estimate of drug-likeness (QED) is 0.855. The van der Waals surface area contributed by atoms with Gasteiger partial charge in [-0.3, -0.25) is 4.72 Å². The summed E-state index contributed by atoms with van der Waals surface area (Å²) < 4.78 is 66.9. The van der Waals surface area contributed by atoms with Gasteiger partial charge < -0.3 is 4.74 Å². The van der Waals surface area contributed by atoms with E-state index in [1.807, 2.05) is 13.8 Å². The highest BCUT2D eigenvalue weighted by molar-refractivity contribution is 7.92. The summed E-state index contributed by atoms with van der Waals surface area (Å²) in [6, 6.07) is 10.9. The van der Waals surface area contributed by atoms with Gasteiger partial charge in [-0.25, -0.2) is 8.42 Å². The Labute approximate surface area is 138 Å². The lowest BCUT2D eigenvalue weighted by Crippen LogP contribution is -2.17. The van der Waals surface area contributed by atoms with Crippen LogP contribution in [0.25, 0.3) is 0 Å². The van der Waals surface area contributed by atoms with E-state index in [4.69, 9.17) is 0 Å². The van der Waals surface area contributed by atoms with Crippen molar-refractivity contribution in [1.29, 1.82) is 0 Å². The Bertz CT molecular complexity index is 783. The lowest BCUT2D eigenvalue weighted by molar-refractivity contribution is -0.274. The number of alkyl halides is 3. The molecule has 0 atom stereocenters. The smallest absolute Gasteiger partial charge is 0.406 e. The first-order valence-corrected chi connectivity index (χ1v) is 8.54. The number of nitrogens with one attached hydrogen (secondary N) is 1. The van der Waals surface area contributed by atoms with Crippen molar-refractivity contribution in [2.45, 2.75) is 31.0 Å². The molecule has 0 aliphatic heterocycles. The molecule has 0 radical (unpaired) electrons. The third kappa shape index (κ3) is 4.89. The maximum atomic E-state index is 12.3. The molecule has 0 saturated heterocycles. The van der Waals surface area contributed by atoms with Gasteiger partial charge >= 0.3 is 6.36 Å². The van der Waals surface area contributed by atoms with Crippen molar-refractivity contribution in [2.24, 2.45) is 0 Å². The first-order chi connectivity index (χ1) is 11.1. The fourth-order valence-corrected chi connectivity index (χ4v) is 3.03. The van der Waals surface area contributed by atoms with Gasteiger partial charge in [-0.1, -0.05) is 26.0 Å². The van der Waals surface area contributed by atoms with E-state index in [1.54, 1.807) is 12.1 Å². The standard InChI is InChI=1S/C16H16F3NO3S/c1-11(2)12-3-9-15(10-4-12)24(21,22)20-13-5-7-14(8-6-13)23-16(17,18)19/h3-11,20H,1-2H3. The maximum absolute atomic E-state index is 12.3. The Balaban J connectivity index is 2.14. The van der Waals surface area contributed by atoms with Gasteiger partial charge in [-0.2, -0.15) is 0 Å². The predicted molar refractivity (Wildman–Crippen MR) is 84.5 cm³/mol. The molecule has 0 heterocycles. The molecule has 0 fully saturated rings. The molecule has 0 saturated carbocycles. The van der Waals surface area contributed by atoms with Gasteiger partial charge in [0.2, 0.25) is 0 Å². The normalized spacial score (nSPS) is 12.2. The van der Waals surface area contributed by atoms with Crippen LogP contribution >= 0.6 is 0 Å². The number of hydrogen-bond donors (Lipinski definition) is 1. The minimum atomic E-state index is -4.79. The summed E-state index contributed by atoms with van der Waals surface area (Å²) in [7, 11) is -3.82. The molecule has 24 heavy (non-hydrogen) atoms. The van der Waals surface area contributed by atoms with Crippen LogP contribution in [0, 0.1) is 0 Å². The molecule has 0 spiro atoms. The van der Waals surface area contributed by atoms with E-state index in [2.05, 4.69) is 9.46 Å². The summed E-state index contributed by atoms with van der Waals surface area (Å²) in [5.74, 6) is -0.150. The zero-order valence-corrected chi connectivity index (χ0v) is 13.8. The van der Waals surface area contributed by atoms with E-state index in [9.17, 15) is 21.6 Å². The van der Waals surface area contributed by atoms with Crippen LogP contribution in [-0.4, -0.2) is 14.8 Å². The predicted octanol–water partition coefficient (Wildman–Crippen LogP) is 4.51. The molecule has 0 amide bonds. The zero-order valence-electron chi connectivity index (χ0n) is 13.0. The SMILES string of the molecule is CC(C)c1ccc(S(=O)(=O)Nc2ccc(OC(F)(F)F)cc2)cc1. The van der Waals surface area contributed by atoms with Gasteiger partial charge in [0.15, 0.2) is 0 Å². The monoisotopic (exact) mass is 359 g/mol. The highest BCUT2D eigenvalue weighted by Crippen LogP contribution is 2.25. The zero-order chi connectivity index (χ0) is 18.0. The van der Waals surface area contributed by atoms with Crippen LogP contribution in [0.1, 0.15) is 25.3 Å². The summed E-state index contributed by atoms with van der Waals surface area (Å²) in [4.78, 5) is 0.0718. The third-order valence-corrected chi connectivity index (χ3v) is 4.59. The lowest BCUT2D eigenvalue weighted by Gasteiger charge is -2.11. The Hall–Kier alpha value is -2.22. The highest BCUT2D eigenvalue weighted by Gasteiger charge is 2.31. The number of ether oxygens (including phenoxy) is 1. The third-order valence-electron chi connectivity index (χ3n) is 3.20. The number of halogens is 3. The molecule has 8 heteroatoms. The van der Waals surface area contributed by atoms with Crippen molar-refractivity contribution in [3.05, 3.63) is 54.1 Å². The van der Waals surface area contributed by atoms with Crippen molar-refractivity contribution in [3.8, 4) is 5.75 Å². The topological polar surface area (TPSA) is 55.4 Å². The molecular weight excluding hydrogens is 343 g/mol. The molecule has 0 bridgehead atoms. The van der Waals surface area contributed by atoms with Crippen LogP contribution in [0.5, 0.6) is 5.75 Å². The average molecular weight is 359 g/mol. The molecule has 2 rings (SSSR count).